The van der Waals surface area contributed by atoms with Crippen LogP contribution in [0.25, 0.3) is 0 Å². The van der Waals surface area contributed by atoms with Gasteiger partial charge in [-0.2, -0.15) is 0 Å². The van der Waals surface area contributed by atoms with Gasteiger partial charge in [0, 0.05) is 12.1 Å². The van der Waals surface area contributed by atoms with E-state index < -0.39 is 29.9 Å². The molecule has 2 fully saturated rings. The summed E-state index contributed by atoms with van der Waals surface area (Å²) in [6.07, 6.45) is 1.05. The summed E-state index contributed by atoms with van der Waals surface area (Å²) in [5.74, 6) is -0.898. The van der Waals surface area contributed by atoms with E-state index in [4.69, 9.17) is 4.74 Å². The van der Waals surface area contributed by atoms with E-state index in [2.05, 4.69) is 0 Å². The number of carbonyl (C=O) groups is 1. The molecule has 3 atom stereocenters. The van der Waals surface area contributed by atoms with Crippen LogP contribution in [0.2, 0.25) is 0 Å². The van der Waals surface area contributed by atoms with Gasteiger partial charge in [0.25, 0.3) is 5.91 Å². The van der Waals surface area contributed by atoms with Crippen LogP contribution in [0.3, 0.4) is 0 Å². The number of likely N-dealkylation sites (tertiary alicyclic amines) is 1. The molecular weight excluding hydrogens is 304 g/mol. The first-order chi connectivity index (χ1) is 11.0. The number of rotatable bonds is 5. The number of ether oxygens (including phenoxy) is 1. The van der Waals surface area contributed by atoms with Crippen LogP contribution in [0.5, 0.6) is 0 Å². The topological polar surface area (TPSA) is 49.8 Å². The Morgan fingerprint density at radius 1 is 1.43 bits per heavy atom. The van der Waals surface area contributed by atoms with Crippen molar-refractivity contribution in [2.75, 3.05) is 13.2 Å². The van der Waals surface area contributed by atoms with Crippen LogP contribution >= 0.6 is 0 Å². The van der Waals surface area contributed by atoms with Crippen molar-refractivity contribution < 1.29 is 23.4 Å². The first-order valence-corrected chi connectivity index (χ1v) is 8.00. The highest BCUT2D eigenvalue weighted by molar-refractivity contribution is 5.81. The second-order valence-corrected chi connectivity index (χ2v) is 6.48. The normalized spacial score (nSPS) is 25.7. The molecule has 0 aromatic heterocycles. The molecule has 2 aliphatic rings. The van der Waals surface area contributed by atoms with Gasteiger partial charge >= 0.3 is 0 Å². The van der Waals surface area contributed by atoms with Crippen molar-refractivity contribution >= 4 is 5.91 Å². The maximum atomic E-state index is 14.0. The number of hydrogen-bond acceptors (Lipinski definition) is 3. The number of hydrogen-bond donors (Lipinski definition) is 1. The van der Waals surface area contributed by atoms with Gasteiger partial charge in [-0.05, 0) is 50.3 Å². The molecule has 23 heavy (non-hydrogen) atoms. The fraction of sp³-hybridized carbons (Fsp3) is 0.588. The molecule has 3 unspecified atom stereocenters. The summed E-state index contributed by atoms with van der Waals surface area (Å²) in [6, 6.07) is 2.51. The number of aliphatic hydroxyl groups is 1. The minimum Gasteiger partial charge on any atom is -0.391 e. The lowest BCUT2D eigenvalue weighted by Crippen LogP contribution is -2.40. The van der Waals surface area contributed by atoms with Crippen molar-refractivity contribution in [3.8, 4) is 0 Å². The van der Waals surface area contributed by atoms with Gasteiger partial charge in [0.05, 0.1) is 18.8 Å². The molecule has 1 aliphatic heterocycles. The van der Waals surface area contributed by atoms with E-state index >= 15 is 0 Å². The van der Waals surface area contributed by atoms with Gasteiger partial charge in [0.2, 0.25) is 0 Å². The minimum atomic E-state index is -0.748. The maximum Gasteiger partial charge on any atom is 0.252 e. The number of amides is 1. The third-order valence-electron chi connectivity index (χ3n) is 4.51. The van der Waals surface area contributed by atoms with Crippen LogP contribution in [0.1, 0.15) is 37.8 Å². The Bertz CT molecular complexity index is 591. The number of aliphatic hydroxyl groups excluding tert-OH is 1. The van der Waals surface area contributed by atoms with Crippen molar-refractivity contribution in [1.82, 2.24) is 4.90 Å². The second-order valence-electron chi connectivity index (χ2n) is 6.48. The second kappa shape index (κ2) is 6.53. The Hall–Kier alpha value is -1.53. The SMILES string of the molecule is CC(OCC1CC1)C(=O)N1CC(O)CC1c1cc(F)ccc1F. The number of benzene rings is 1. The van der Waals surface area contributed by atoms with Crippen LogP contribution in [0.4, 0.5) is 8.78 Å². The van der Waals surface area contributed by atoms with E-state index in [0.717, 1.165) is 31.0 Å². The predicted molar refractivity (Wildman–Crippen MR) is 79.6 cm³/mol. The van der Waals surface area contributed by atoms with Gasteiger partial charge in [0.1, 0.15) is 17.7 Å². The average molecular weight is 325 g/mol. The average Bonchev–Trinajstić information content (AvgIpc) is 3.27. The highest BCUT2D eigenvalue weighted by atomic mass is 19.1. The van der Waals surface area contributed by atoms with Gasteiger partial charge < -0.3 is 14.7 Å². The Balaban J connectivity index is 1.75. The summed E-state index contributed by atoms with van der Waals surface area (Å²) >= 11 is 0. The third-order valence-corrected chi connectivity index (χ3v) is 4.51. The van der Waals surface area contributed by atoms with Gasteiger partial charge in [-0.25, -0.2) is 8.78 Å². The summed E-state index contributed by atoms with van der Waals surface area (Å²) in [7, 11) is 0. The Kier molecular flexibility index (Phi) is 4.64. The third kappa shape index (κ3) is 3.70. The van der Waals surface area contributed by atoms with Crippen molar-refractivity contribution in [2.45, 2.75) is 44.4 Å². The van der Waals surface area contributed by atoms with Crippen LogP contribution < -0.4 is 0 Å². The number of nitrogens with zero attached hydrogens (tertiary/aromatic N) is 1. The van der Waals surface area contributed by atoms with E-state index in [1.165, 1.54) is 4.90 Å². The van der Waals surface area contributed by atoms with Crippen molar-refractivity contribution in [2.24, 2.45) is 5.92 Å². The summed E-state index contributed by atoms with van der Waals surface area (Å²) in [5, 5.41) is 9.90. The van der Waals surface area contributed by atoms with Gasteiger partial charge in [-0.15, -0.1) is 0 Å². The standard InChI is InChI=1S/C17H21F2NO3/c1-10(23-9-11-2-3-11)17(22)20-8-13(21)7-16(20)14-6-12(18)4-5-15(14)19/h4-6,10-11,13,16,21H,2-3,7-9H2,1H3. The molecule has 1 saturated carbocycles. The quantitative estimate of drug-likeness (QED) is 0.904. The molecule has 1 aliphatic carbocycles. The molecule has 1 saturated heterocycles. The maximum absolute atomic E-state index is 14.0. The lowest BCUT2D eigenvalue weighted by Gasteiger charge is -2.27. The lowest BCUT2D eigenvalue weighted by atomic mass is 10.0. The number of halogens is 2. The minimum absolute atomic E-state index is 0.101. The molecule has 1 amide bonds. The molecule has 1 aromatic carbocycles. The molecule has 3 rings (SSSR count). The van der Waals surface area contributed by atoms with Crippen molar-refractivity contribution in [3.63, 3.8) is 0 Å². The first-order valence-electron chi connectivity index (χ1n) is 8.00. The molecule has 1 heterocycles. The van der Waals surface area contributed by atoms with E-state index in [1.807, 2.05) is 0 Å². The van der Waals surface area contributed by atoms with Crippen LogP contribution in [0, 0.1) is 17.6 Å². The first kappa shape index (κ1) is 16.3. The largest absolute Gasteiger partial charge is 0.391 e. The van der Waals surface area contributed by atoms with Crippen molar-refractivity contribution in [3.05, 3.63) is 35.4 Å². The molecule has 0 bridgehead atoms. The zero-order chi connectivity index (χ0) is 16.6. The fourth-order valence-electron chi connectivity index (χ4n) is 2.99. The molecular formula is C17H21F2NO3. The lowest BCUT2D eigenvalue weighted by molar-refractivity contribution is -0.144. The number of carbonyl (C=O) groups excluding carboxylic acids is 1. The van der Waals surface area contributed by atoms with E-state index in [-0.39, 0.29) is 24.4 Å². The molecule has 1 aromatic rings. The van der Waals surface area contributed by atoms with Crippen LogP contribution in [-0.4, -0.2) is 41.3 Å². The molecule has 6 heteroatoms. The monoisotopic (exact) mass is 325 g/mol. The molecule has 4 nitrogen and oxygen atoms in total. The summed E-state index contributed by atoms with van der Waals surface area (Å²) in [5.41, 5.74) is 0.101. The molecule has 0 radical (unpaired) electrons. The summed E-state index contributed by atoms with van der Waals surface area (Å²) in [4.78, 5) is 14.0. The molecule has 1 N–H and O–H groups in total. The van der Waals surface area contributed by atoms with Crippen LogP contribution in [0.15, 0.2) is 18.2 Å². The van der Waals surface area contributed by atoms with E-state index in [1.54, 1.807) is 6.92 Å². The van der Waals surface area contributed by atoms with Gasteiger partial charge in [-0.1, -0.05) is 0 Å². The Labute approximate surface area is 134 Å². The van der Waals surface area contributed by atoms with Crippen LogP contribution in [-0.2, 0) is 9.53 Å². The highest BCUT2D eigenvalue weighted by Crippen LogP contribution is 2.35. The Morgan fingerprint density at radius 2 is 2.17 bits per heavy atom. The Morgan fingerprint density at radius 3 is 2.87 bits per heavy atom. The molecule has 126 valence electrons. The van der Waals surface area contributed by atoms with Gasteiger partial charge in [-0.3, -0.25) is 4.79 Å². The summed E-state index contributed by atoms with van der Waals surface area (Å²) in [6.45, 7) is 2.31. The summed E-state index contributed by atoms with van der Waals surface area (Å²) < 4.78 is 33.0. The highest BCUT2D eigenvalue weighted by Gasteiger charge is 2.39. The van der Waals surface area contributed by atoms with E-state index in [9.17, 15) is 18.7 Å². The fourth-order valence-corrected chi connectivity index (χ4v) is 2.99. The smallest absolute Gasteiger partial charge is 0.252 e. The van der Waals surface area contributed by atoms with E-state index in [0.29, 0.717) is 12.5 Å². The van der Waals surface area contributed by atoms with Gasteiger partial charge in [0.15, 0.2) is 0 Å². The molecule has 0 spiro atoms. The number of β-amino-alcohol motifs (C(OH)–C–C–N with tert-alkyl or cyclic N) is 1. The predicted octanol–water partition coefficient (Wildman–Crippen LogP) is 2.41. The van der Waals surface area contributed by atoms with Crippen molar-refractivity contribution in [1.29, 1.82) is 0 Å². The zero-order valence-corrected chi connectivity index (χ0v) is 13.0. The zero-order valence-electron chi connectivity index (χ0n) is 13.0.